The molecule has 0 aliphatic rings. The van der Waals surface area contributed by atoms with Crippen LogP contribution >= 0.6 is 11.8 Å². The van der Waals surface area contributed by atoms with Crippen LogP contribution in [0.15, 0.2) is 41.4 Å². The van der Waals surface area contributed by atoms with Crippen LogP contribution in [-0.2, 0) is 4.79 Å². The molecule has 0 aliphatic heterocycles. The lowest BCUT2D eigenvalue weighted by molar-refractivity contribution is -0.117. The Labute approximate surface area is 121 Å². The maximum Gasteiger partial charge on any atom is 0.230 e. The fourth-order valence-corrected chi connectivity index (χ4v) is 2.25. The Morgan fingerprint density at radius 1 is 1.20 bits per heavy atom. The number of nitrogens with zero attached hydrogens (tertiary/aromatic N) is 2. The molecule has 1 atom stereocenters. The number of nitrogens with two attached hydrogens (primary N) is 1. The van der Waals surface area contributed by atoms with Gasteiger partial charge in [0.1, 0.15) is 10.8 Å². The second-order valence-corrected chi connectivity index (χ2v) is 5.51. The SMILES string of the molecule is COc1ccc(-c2ccc(S[C@H](C)C(N)=O)nn2)cc1. The second kappa shape index (κ2) is 6.38. The predicted octanol–water partition coefficient (Wildman–Crippen LogP) is 2.12. The van der Waals surface area contributed by atoms with Crippen LogP contribution in [0.1, 0.15) is 6.92 Å². The van der Waals surface area contributed by atoms with Crippen LogP contribution in [0.3, 0.4) is 0 Å². The van der Waals surface area contributed by atoms with E-state index in [1.807, 2.05) is 36.4 Å². The third kappa shape index (κ3) is 3.48. The van der Waals surface area contributed by atoms with Gasteiger partial charge in [-0.05, 0) is 43.3 Å². The number of thioether (sulfide) groups is 1. The first-order chi connectivity index (χ1) is 9.60. The molecule has 104 valence electrons. The van der Waals surface area contributed by atoms with E-state index < -0.39 is 0 Å². The molecule has 6 heteroatoms. The van der Waals surface area contributed by atoms with Crippen molar-refractivity contribution in [2.24, 2.45) is 5.73 Å². The van der Waals surface area contributed by atoms with Crippen LogP contribution in [0.4, 0.5) is 0 Å². The molecule has 0 fully saturated rings. The number of hydrogen-bond acceptors (Lipinski definition) is 5. The van der Waals surface area contributed by atoms with Crippen LogP contribution in [0.2, 0.25) is 0 Å². The fraction of sp³-hybridized carbons (Fsp3) is 0.214. The number of carbonyl (C=O) groups excluding carboxylic acids is 1. The van der Waals surface area contributed by atoms with Crippen molar-refractivity contribution in [2.75, 3.05) is 7.11 Å². The topological polar surface area (TPSA) is 78.1 Å². The van der Waals surface area contributed by atoms with Gasteiger partial charge in [0, 0.05) is 5.56 Å². The van der Waals surface area contributed by atoms with E-state index in [-0.39, 0.29) is 11.2 Å². The summed E-state index contributed by atoms with van der Waals surface area (Å²) in [4.78, 5) is 11.0. The zero-order valence-corrected chi connectivity index (χ0v) is 12.1. The van der Waals surface area contributed by atoms with Crippen LogP contribution in [0.25, 0.3) is 11.3 Å². The van der Waals surface area contributed by atoms with E-state index in [2.05, 4.69) is 10.2 Å². The lowest BCUT2D eigenvalue weighted by Gasteiger charge is -2.06. The highest BCUT2D eigenvalue weighted by Gasteiger charge is 2.11. The van der Waals surface area contributed by atoms with Gasteiger partial charge in [-0.1, -0.05) is 11.8 Å². The first-order valence-electron chi connectivity index (χ1n) is 6.04. The number of ether oxygens (including phenoxy) is 1. The molecule has 0 bridgehead atoms. The van der Waals surface area contributed by atoms with Crippen molar-refractivity contribution in [1.29, 1.82) is 0 Å². The van der Waals surface area contributed by atoms with Gasteiger partial charge in [0.05, 0.1) is 18.1 Å². The minimum absolute atomic E-state index is 0.323. The summed E-state index contributed by atoms with van der Waals surface area (Å²) in [5.41, 5.74) is 6.94. The quantitative estimate of drug-likeness (QED) is 0.853. The zero-order valence-electron chi connectivity index (χ0n) is 11.2. The first kappa shape index (κ1) is 14.3. The maximum atomic E-state index is 11.0. The number of rotatable bonds is 5. The predicted molar refractivity (Wildman–Crippen MR) is 78.5 cm³/mol. The average molecular weight is 289 g/mol. The van der Waals surface area contributed by atoms with Crippen molar-refractivity contribution in [2.45, 2.75) is 17.2 Å². The van der Waals surface area contributed by atoms with Crippen molar-refractivity contribution in [3.63, 3.8) is 0 Å². The summed E-state index contributed by atoms with van der Waals surface area (Å²) < 4.78 is 5.11. The van der Waals surface area contributed by atoms with E-state index in [0.717, 1.165) is 17.0 Å². The van der Waals surface area contributed by atoms with E-state index in [0.29, 0.717) is 5.03 Å². The van der Waals surface area contributed by atoms with Gasteiger partial charge in [0.15, 0.2) is 0 Å². The molecule has 2 aromatic rings. The molecule has 0 radical (unpaired) electrons. The van der Waals surface area contributed by atoms with E-state index in [4.69, 9.17) is 10.5 Å². The lowest BCUT2D eigenvalue weighted by atomic mass is 10.1. The van der Waals surface area contributed by atoms with Crippen molar-refractivity contribution >= 4 is 17.7 Å². The Morgan fingerprint density at radius 3 is 2.40 bits per heavy atom. The molecule has 5 nitrogen and oxygen atoms in total. The van der Waals surface area contributed by atoms with Crippen molar-refractivity contribution in [1.82, 2.24) is 10.2 Å². The van der Waals surface area contributed by atoms with Crippen molar-refractivity contribution in [3.8, 4) is 17.0 Å². The molecule has 1 aromatic carbocycles. The van der Waals surface area contributed by atoms with Crippen LogP contribution in [0.5, 0.6) is 5.75 Å². The fourth-order valence-electron chi connectivity index (χ4n) is 1.54. The third-order valence-corrected chi connectivity index (χ3v) is 3.77. The molecule has 1 amide bonds. The maximum absolute atomic E-state index is 11.0. The average Bonchev–Trinajstić information content (AvgIpc) is 2.48. The molecule has 20 heavy (non-hydrogen) atoms. The van der Waals surface area contributed by atoms with E-state index in [1.54, 1.807) is 14.0 Å². The number of hydrogen-bond donors (Lipinski definition) is 1. The van der Waals surface area contributed by atoms with E-state index in [9.17, 15) is 4.79 Å². The molecule has 1 aromatic heterocycles. The Morgan fingerprint density at radius 2 is 1.90 bits per heavy atom. The van der Waals surface area contributed by atoms with Gasteiger partial charge in [0.25, 0.3) is 0 Å². The standard InChI is InChI=1S/C14H15N3O2S/c1-9(14(15)18)20-13-8-7-12(16-17-13)10-3-5-11(19-2)6-4-10/h3-9H,1-2H3,(H2,15,18)/t9-/m1/s1. The molecule has 0 unspecified atom stereocenters. The lowest BCUT2D eigenvalue weighted by Crippen LogP contribution is -2.22. The summed E-state index contributed by atoms with van der Waals surface area (Å²) in [5.74, 6) is 0.431. The summed E-state index contributed by atoms with van der Waals surface area (Å²) in [6.45, 7) is 1.74. The van der Waals surface area contributed by atoms with Gasteiger partial charge in [-0.25, -0.2) is 0 Å². The molecule has 1 heterocycles. The molecule has 2 N–H and O–H groups in total. The highest BCUT2D eigenvalue weighted by atomic mass is 32.2. The third-order valence-electron chi connectivity index (χ3n) is 2.72. The molecule has 2 rings (SSSR count). The van der Waals surface area contributed by atoms with Gasteiger partial charge in [-0.3, -0.25) is 4.79 Å². The zero-order chi connectivity index (χ0) is 14.5. The smallest absolute Gasteiger partial charge is 0.230 e. The van der Waals surface area contributed by atoms with E-state index >= 15 is 0 Å². The van der Waals surface area contributed by atoms with Gasteiger partial charge in [0.2, 0.25) is 5.91 Å². The number of aromatic nitrogens is 2. The monoisotopic (exact) mass is 289 g/mol. The summed E-state index contributed by atoms with van der Waals surface area (Å²) in [6.07, 6.45) is 0. The van der Waals surface area contributed by atoms with Gasteiger partial charge >= 0.3 is 0 Å². The molecule has 0 saturated heterocycles. The normalized spacial score (nSPS) is 11.9. The second-order valence-electron chi connectivity index (χ2n) is 4.15. The minimum atomic E-state index is -0.365. The summed E-state index contributed by atoms with van der Waals surface area (Å²) >= 11 is 1.29. The number of methoxy groups -OCH3 is 1. The summed E-state index contributed by atoms with van der Waals surface area (Å²) in [6, 6.07) is 11.3. The van der Waals surface area contributed by atoms with E-state index in [1.165, 1.54) is 11.8 Å². The molecular formula is C14H15N3O2S. The summed E-state index contributed by atoms with van der Waals surface area (Å²) in [5, 5.41) is 8.60. The Kier molecular flexibility index (Phi) is 4.57. The van der Waals surface area contributed by atoms with Gasteiger partial charge < -0.3 is 10.5 Å². The van der Waals surface area contributed by atoms with Crippen LogP contribution in [0, 0.1) is 0 Å². The number of primary amides is 1. The Bertz CT molecular complexity index is 584. The molecule has 0 spiro atoms. The van der Waals surface area contributed by atoms with Crippen molar-refractivity contribution in [3.05, 3.63) is 36.4 Å². The molecular weight excluding hydrogens is 274 g/mol. The molecule has 0 saturated carbocycles. The number of carbonyl (C=O) groups is 1. The van der Waals surface area contributed by atoms with Crippen molar-refractivity contribution < 1.29 is 9.53 Å². The number of benzene rings is 1. The van der Waals surface area contributed by atoms with Crippen LogP contribution < -0.4 is 10.5 Å². The number of amides is 1. The van der Waals surface area contributed by atoms with Gasteiger partial charge in [-0.15, -0.1) is 10.2 Å². The summed E-state index contributed by atoms with van der Waals surface area (Å²) in [7, 11) is 1.63. The molecule has 0 aliphatic carbocycles. The largest absolute Gasteiger partial charge is 0.497 e. The Balaban J connectivity index is 2.12. The first-order valence-corrected chi connectivity index (χ1v) is 6.92. The highest BCUT2D eigenvalue weighted by Crippen LogP contribution is 2.24. The van der Waals surface area contributed by atoms with Gasteiger partial charge in [-0.2, -0.15) is 0 Å². The Hall–Kier alpha value is -2.08. The minimum Gasteiger partial charge on any atom is -0.497 e. The van der Waals surface area contributed by atoms with Crippen LogP contribution in [-0.4, -0.2) is 28.5 Å². The highest BCUT2D eigenvalue weighted by molar-refractivity contribution is 8.00.